The molecule has 19 heavy (non-hydrogen) atoms. The summed E-state index contributed by atoms with van der Waals surface area (Å²) in [5, 5.41) is 9.35. The molecule has 1 fully saturated rings. The Kier molecular flexibility index (Phi) is 4.04. The molecule has 1 aromatic carbocycles. The third-order valence-corrected chi connectivity index (χ3v) is 3.73. The molecule has 0 bridgehead atoms. The lowest BCUT2D eigenvalue weighted by Crippen LogP contribution is -2.39. The number of likely N-dealkylation sites (tertiary alicyclic amines) is 1. The van der Waals surface area contributed by atoms with Gasteiger partial charge in [-0.3, -0.25) is 4.79 Å². The number of aliphatic hydroxyl groups excluding tert-OH is 1. The van der Waals surface area contributed by atoms with Gasteiger partial charge in [-0.05, 0) is 30.5 Å². The van der Waals surface area contributed by atoms with Crippen molar-refractivity contribution < 1.29 is 19.0 Å². The van der Waals surface area contributed by atoms with Crippen LogP contribution in [-0.4, -0.2) is 42.2 Å². The zero-order valence-corrected chi connectivity index (χ0v) is 11.1. The number of halogens is 1. The number of hydrogen-bond acceptors (Lipinski definition) is 3. The zero-order valence-electron chi connectivity index (χ0n) is 11.1. The fourth-order valence-electron chi connectivity index (χ4n) is 2.50. The summed E-state index contributed by atoms with van der Waals surface area (Å²) in [6, 6.07) is 3.98. The largest absolute Gasteiger partial charge is 0.494 e. The van der Waals surface area contributed by atoms with Crippen LogP contribution in [0, 0.1) is 11.7 Å². The van der Waals surface area contributed by atoms with Crippen LogP contribution in [0.5, 0.6) is 5.75 Å². The van der Waals surface area contributed by atoms with Crippen molar-refractivity contribution in [1.29, 1.82) is 0 Å². The second kappa shape index (κ2) is 5.57. The van der Waals surface area contributed by atoms with E-state index in [-0.39, 0.29) is 35.8 Å². The van der Waals surface area contributed by atoms with Crippen molar-refractivity contribution in [2.24, 2.45) is 5.92 Å². The van der Waals surface area contributed by atoms with Crippen LogP contribution in [0.4, 0.5) is 4.39 Å². The minimum absolute atomic E-state index is 0.0639. The number of hydrogen-bond donors (Lipinski definition) is 1. The molecule has 1 aliphatic rings. The minimum Gasteiger partial charge on any atom is -0.494 e. The number of ether oxygens (including phenoxy) is 1. The van der Waals surface area contributed by atoms with E-state index in [9.17, 15) is 14.3 Å². The van der Waals surface area contributed by atoms with Crippen LogP contribution in [0.3, 0.4) is 0 Å². The number of amides is 1. The summed E-state index contributed by atoms with van der Waals surface area (Å²) in [7, 11) is 1.38. The molecule has 4 nitrogen and oxygen atoms in total. The Morgan fingerprint density at radius 2 is 2.32 bits per heavy atom. The SMILES string of the molecule is COc1ccc(C(=O)N2CCC(C)C2CO)cc1F. The van der Waals surface area contributed by atoms with Gasteiger partial charge in [-0.1, -0.05) is 6.92 Å². The average Bonchev–Trinajstić information content (AvgIpc) is 2.78. The first-order valence-electron chi connectivity index (χ1n) is 6.33. The number of carbonyl (C=O) groups is 1. The van der Waals surface area contributed by atoms with Gasteiger partial charge < -0.3 is 14.7 Å². The summed E-state index contributed by atoms with van der Waals surface area (Å²) in [5.74, 6) is -0.423. The van der Waals surface area contributed by atoms with Gasteiger partial charge in [0.05, 0.1) is 19.8 Å². The van der Waals surface area contributed by atoms with E-state index >= 15 is 0 Å². The zero-order chi connectivity index (χ0) is 14.0. The smallest absolute Gasteiger partial charge is 0.254 e. The molecule has 1 aromatic rings. The van der Waals surface area contributed by atoms with Crippen LogP contribution in [0.15, 0.2) is 18.2 Å². The average molecular weight is 267 g/mol. The molecule has 0 aliphatic carbocycles. The summed E-state index contributed by atoms with van der Waals surface area (Å²) in [5.41, 5.74) is 0.283. The Hall–Kier alpha value is -1.62. The minimum atomic E-state index is -0.554. The first-order chi connectivity index (χ1) is 9.08. The van der Waals surface area contributed by atoms with E-state index in [2.05, 4.69) is 0 Å². The lowest BCUT2D eigenvalue weighted by atomic mass is 10.0. The van der Waals surface area contributed by atoms with Crippen molar-refractivity contribution in [3.05, 3.63) is 29.6 Å². The first-order valence-corrected chi connectivity index (χ1v) is 6.33. The van der Waals surface area contributed by atoms with Crippen LogP contribution < -0.4 is 4.74 Å². The van der Waals surface area contributed by atoms with Crippen molar-refractivity contribution in [2.75, 3.05) is 20.3 Å². The molecule has 0 radical (unpaired) electrons. The predicted molar refractivity (Wildman–Crippen MR) is 68.6 cm³/mol. The van der Waals surface area contributed by atoms with E-state index in [1.54, 1.807) is 11.0 Å². The van der Waals surface area contributed by atoms with E-state index in [1.807, 2.05) is 6.92 Å². The Balaban J connectivity index is 2.22. The number of rotatable bonds is 3. The Labute approximate surface area is 111 Å². The number of carbonyl (C=O) groups excluding carboxylic acids is 1. The van der Waals surface area contributed by atoms with Crippen molar-refractivity contribution in [3.8, 4) is 5.75 Å². The summed E-state index contributed by atoms with van der Waals surface area (Å²) >= 11 is 0. The van der Waals surface area contributed by atoms with E-state index in [4.69, 9.17) is 4.74 Å². The highest BCUT2D eigenvalue weighted by Crippen LogP contribution is 2.26. The van der Waals surface area contributed by atoms with Crippen molar-refractivity contribution >= 4 is 5.91 Å². The third-order valence-electron chi connectivity index (χ3n) is 3.73. The van der Waals surface area contributed by atoms with Crippen LogP contribution in [0.1, 0.15) is 23.7 Å². The van der Waals surface area contributed by atoms with Crippen LogP contribution in [0.25, 0.3) is 0 Å². The Morgan fingerprint density at radius 3 is 2.89 bits per heavy atom. The molecule has 2 atom stereocenters. The number of benzene rings is 1. The van der Waals surface area contributed by atoms with Gasteiger partial charge in [0.25, 0.3) is 5.91 Å². The highest BCUT2D eigenvalue weighted by Gasteiger charge is 2.34. The number of aliphatic hydroxyl groups is 1. The quantitative estimate of drug-likeness (QED) is 0.906. The van der Waals surface area contributed by atoms with Gasteiger partial charge in [0.1, 0.15) is 0 Å². The summed E-state index contributed by atoms with van der Waals surface area (Å²) in [6.45, 7) is 2.53. The molecule has 1 N–H and O–H groups in total. The van der Waals surface area contributed by atoms with E-state index < -0.39 is 5.82 Å². The maximum absolute atomic E-state index is 13.6. The van der Waals surface area contributed by atoms with Crippen molar-refractivity contribution in [2.45, 2.75) is 19.4 Å². The maximum Gasteiger partial charge on any atom is 0.254 e. The van der Waals surface area contributed by atoms with Crippen LogP contribution in [0.2, 0.25) is 0 Å². The second-order valence-corrected chi connectivity index (χ2v) is 4.86. The fraction of sp³-hybridized carbons (Fsp3) is 0.500. The van der Waals surface area contributed by atoms with Gasteiger partial charge >= 0.3 is 0 Å². The highest BCUT2D eigenvalue weighted by molar-refractivity contribution is 5.94. The maximum atomic E-state index is 13.6. The third kappa shape index (κ3) is 2.56. The van der Waals surface area contributed by atoms with Gasteiger partial charge in [-0.25, -0.2) is 4.39 Å². The molecule has 1 heterocycles. The number of methoxy groups -OCH3 is 1. The Bertz CT molecular complexity index is 478. The molecule has 0 aromatic heterocycles. The van der Waals surface area contributed by atoms with E-state index in [1.165, 1.54) is 19.2 Å². The monoisotopic (exact) mass is 267 g/mol. The van der Waals surface area contributed by atoms with Gasteiger partial charge in [0.15, 0.2) is 11.6 Å². The molecule has 2 unspecified atom stereocenters. The lowest BCUT2D eigenvalue weighted by Gasteiger charge is -2.25. The van der Waals surface area contributed by atoms with Crippen molar-refractivity contribution in [1.82, 2.24) is 4.90 Å². The summed E-state index contributed by atoms with van der Waals surface area (Å²) in [6.07, 6.45) is 0.857. The fourth-order valence-corrected chi connectivity index (χ4v) is 2.50. The molecule has 2 rings (SSSR count). The summed E-state index contributed by atoms with van der Waals surface area (Å²) in [4.78, 5) is 13.9. The molecule has 1 saturated heterocycles. The van der Waals surface area contributed by atoms with Crippen LogP contribution >= 0.6 is 0 Å². The molecule has 5 heteroatoms. The molecule has 1 amide bonds. The van der Waals surface area contributed by atoms with Gasteiger partial charge in [0.2, 0.25) is 0 Å². The van der Waals surface area contributed by atoms with E-state index in [0.29, 0.717) is 6.54 Å². The van der Waals surface area contributed by atoms with Crippen molar-refractivity contribution in [3.63, 3.8) is 0 Å². The second-order valence-electron chi connectivity index (χ2n) is 4.86. The molecule has 0 saturated carbocycles. The normalized spacial score (nSPS) is 22.6. The first kappa shape index (κ1) is 13.8. The molecule has 104 valence electrons. The topological polar surface area (TPSA) is 49.8 Å². The molecule has 1 aliphatic heterocycles. The van der Waals surface area contributed by atoms with Crippen LogP contribution in [-0.2, 0) is 0 Å². The van der Waals surface area contributed by atoms with E-state index in [0.717, 1.165) is 6.42 Å². The number of nitrogens with zero attached hydrogens (tertiary/aromatic N) is 1. The summed E-state index contributed by atoms with van der Waals surface area (Å²) < 4.78 is 18.4. The highest BCUT2D eigenvalue weighted by atomic mass is 19.1. The van der Waals surface area contributed by atoms with Gasteiger partial charge in [0, 0.05) is 12.1 Å². The predicted octanol–water partition coefficient (Wildman–Crippen LogP) is 1.68. The molecule has 0 spiro atoms. The van der Waals surface area contributed by atoms with Gasteiger partial charge in [-0.2, -0.15) is 0 Å². The molecular weight excluding hydrogens is 249 g/mol. The Morgan fingerprint density at radius 1 is 1.58 bits per heavy atom. The molecular formula is C14H18FNO3. The standard InChI is InChI=1S/C14H18FNO3/c1-9-5-6-16(12(9)8-17)14(18)10-3-4-13(19-2)11(15)7-10/h3-4,7,9,12,17H,5-6,8H2,1-2H3. The van der Waals surface area contributed by atoms with Gasteiger partial charge in [-0.15, -0.1) is 0 Å². The lowest BCUT2D eigenvalue weighted by molar-refractivity contribution is 0.0647.